The van der Waals surface area contributed by atoms with Crippen molar-refractivity contribution in [3.05, 3.63) is 29.8 Å². The van der Waals surface area contributed by atoms with E-state index in [1.165, 1.54) is 0 Å². The van der Waals surface area contributed by atoms with Crippen LogP contribution in [-0.4, -0.2) is 30.5 Å². The van der Waals surface area contributed by atoms with E-state index in [4.69, 9.17) is 10.5 Å². The molecular weight excluding hydrogens is 264 g/mol. The Morgan fingerprint density at radius 3 is 2.43 bits per heavy atom. The van der Waals surface area contributed by atoms with E-state index in [1.807, 2.05) is 29.2 Å². The van der Waals surface area contributed by atoms with Gasteiger partial charge >= 0.3 is 0 Å². The number of amides is 1. The lowest BCUT2D eigenvalue weighted by Crippen LogP contribution is -2.36. The van der Waals surface area contributed by atoms with Crippen LogP contribution in [-0.2, 0) is 11.3 Å². The molecule has 1 aromatic carbocycles. The topological polar surface area (TPSA) is 55.6 Å². The predicted molar refractivity (Wildman–Crippen MR) is 86.2 cm³/mol. The standard InChI is InChI=1S/C17H28N2O2/c1-3-5-10-19(11-6-4-2)17(20)14-21-16-9-7-8-15(12-16)13-18/h7-9,12H,3-6,10-11,13-14,18H2,1-2H3. The molecule has 4 heteroatoms. The summed E-state index contributed by atoms with van der Waals surface area (Å²) >= 11 is 0. The average Bonchev–Trinajstić information content (AvgIpc) is 2.53. The maximum absolute atomic E-state index is 12.3. The SMILES string of the molecule is CCCCN(CCCC)C(=O)COc1cccc(CN)c1. The zero-order chi connectivity index (χ0) is 15.5. The van der Waals surface area contributed by atoms with E-state index in [9.17, 15) is 4.79 Å². The van der Waals surface area contributed by atoms with E-state index in [0.717, 1.165) is 44.3 Å². The second-order valence-corrected chi connectivity index (χ2v) is 5.23. The number of nitrogens with two attached hydrogens (primary N) is 1. The van der Waals surface area contributed by atoms with Crippen LogP contribution in [0.3, 0.4) is 0 Å². The summed E-state index contributed by atoms with van der Waals surface area (Å²) in [6, 6.07) is 7.59. The molecule has 0 aliphatic heterocycles. The first-order chi connectivity index (χ1) is 10.2. The number of hydrogen-bond acceptors (Lipinski definition) is 3. The normalized spacial score (nSPS) is 10.4. The molecule has 0 aromatic heterocycles. The van der Waals surface area contributed by atoms with Crippen LogP contribution in [0.4, 0.5) is 0 Å². The second kappa shape index (κ2) is 10.2. The molecule has 0 bridgehead atoms. The first kappa shape index (κ1) is 17.5. The van der Waals surface area contributed by atoms with Crippen molar-refractivity contribution in [2.45, 2.75) is 46.1 Å². The molecule has 1 rings (SSSR count). The van der Waals surface area contributed by atoms with E-state index in [0.29, 0.717) is 12.3 Å². The molecule has 1 aromatic rings. The van der Waals surface area contributed by atoms with Gasteiger partial charge in [-0.15, -0.1) is 0 Å². The minimum Gasteiger partial charge on any atom is -0.484 e. The molecule has 0 saturated carbocycles. The van der Waals surface area contributed by atoms with Crippen molar-refractivity contribution in [3.8, 4) is 5.75 Å². The van der Waals surface area contributed by atoms with Crippen LogP contribution in [0.1, 0.15) is 45.1 Å². The highest BCUT2D eigenvalue weighted by Gasteiger charge is 2.13. The van der Waals surface area contributed by atoms with Crippen molar-refractivity contribution in [1.29, 1.82) is 0 Å². The van der Waals surface area contributed by atoms with Gasteiger partial charge in [0, 0.05) is 19.6 Å². The predicted octanol–water partition coefficient (Wildman–Crippen LogP) is 2.95. The molecule has 0 unspecified atom stereocenters. The van der Waals surface area contributed by atoms with Gasteiger partial charge in [-0.3, -0.25) is 4.79 Å². The molecule has 2 N–H and O–H groups in total. The maximum Gasteiger partial charge on any atom is 0.260 e. The molecule has 4 nitrogen and oxygen atoms in total. The third kappa shape index (κ3) is 6.63. The summed E-state index contributed by atoms with van der Waals surface area (Å²) in [5.74, 6) is 0.771. The largest absolute Gasteiger partial charge is 0.484 e. The Bertz CT molecular complexity index is 413. The molecule has 0 aliphatic carbocycles. The Kier molecular flexibility index (Phi) is 8.51. The van der Waals surface area contributed by atoms with Crippen molar-refractivity contribution >= 4 is 5.91 Å². The molecule has 0 saturated heterocycles. The Morgan fingerprint density at radius 2 is 1.86 bits per heavy atom. The summed E-state index contributed by atoms with van der Waals surface area (Å²) in [6.07, 6.45) is 4.26. The molecule has 118 valence electrons. The lowest BCUT2D eigenvalue weighted by molar-refractivity contribution is -0.133. The van der Waals surface area contributed by atoms with Gasteiger partial charge in [0.25, 0.3) is 5.91 Å². The summed E-state index contributed by atoms with van der Waals surface area (Å²) in [5, 5.41) is 0. The third-order valence-electron chi connectivity index (χ3n) is 3.41. The quantitative estimate of drug-likeness (QED) is 0.721. The highest BCUT2D eigenvalue weighted by Crippen LogP contribution is 2.13. The summed E-state index contributed by atoms with van der Waals surface area (Å²) in [7, 11) is 0. The van der Waals surface area contributed by atoms with Crippen molar-refractivity contribution in [2.75, 3.05) is 19.7 Å². The molecular formula is C17H28N2O2. The first-order valence-corrected chi connectivity index (χ1v) is 7.90. The number of rotatable bonds is 10. The van der Waals surface area contributed by atoms with E-state index in [-0.39, 0.29) is 12.5 Å². The van der Waals surface area contributed by atoms with Gasteiger partial charge in [-0.1, -0.05) is 38.8 Å². The van der Waals surface area contributed by atoms with Gasteiger partial charge in [0.2, 0.25) is 0 Å². The zero-order valence-electron chi connectivity index (χ0n) is 13.3. The minimum atomic E-state index is 0.0649. The second-order valence-electron chi connectivity index (χ2n) is 5.23. The van der Waals surface area contributed by atoms with Crippen molar-refractivity contribution in [1.82, 2.24) is 4.90 Å². The van der Waals surface area contributed by atoms with E-state index >= 15 is 0 Å². The smallest absolute Gasteiger partial charge is 0.260 e. The number of unbranched alkanes of at least 4 members (excludes halogenated alkanes) is 2. The summed E-state index contributed by atoms with van der Waals surface area (Å²) < 4.78 is 5.60. The Morgan fingerprint density at radius 1 is 1.19 bits per heavy atom. The number of carbonyl (C=O) groups is 1. The van der Waals surface area contributed by atoms with Gasteiger partial charge in [0.15, 0.2) is 6.61 Å². The zero-order valence-corrected chi connectivity index (χ0v) is 13.3. The van der Waals surface area contributed by atoms with Crippen LogP contribution in [0.2, 0.25) is 0 Å². The minimum absolute atomic E-state index is 0.0649. The van der Waals surface area contributed by atoms with E-state index in [2.05, 4.69) is 13.8 Å². The van der Waals surface area contributed by atoms with Gasteiger partial charge in [-0.25, -0.2) is 0 Å². The van der Waals surface area contributed by atoms with Crippen molar-refractivity contribution in [3.63, 3.8) is 0 Å². The third-order valence-corrected chi connectivity index (χ3v) is 3.41. The summed E-state index contributed by atoms with van der Waals surface area (Å²) in [4.78, 5) is 14.2. The van der Waals surface area contributed by atoms with Crippen LogP contribution >= 0.6 is 0 Å². The molecule has 0 aliphatic rings. The Labute approximate surface area is 128 Å². The van der Waals surface area contributed by atoms with E-state index < -0.39 is 0 Å². The van der Waals surface area contributed by atoms with Gasteiger partial charge < -0.3 is 15.4 Å². The average molecular weight is 292 g/mol. The van der Waals surface area contributed by atoms with E-state index in [1.54, 1.807) is 0 Å². The fourth-order valence-electron chi connectivity index (χ4n) is 2.06. The fourth-order valence-corrected chi connectivity index (χ4v) is 2.06. The monoisotopic (exact) mass is 292 g/mol. The van der Waals surface area contributed by atoms with Gasteiger partial charge in [-0.2, -0.15) is 0 Å². The summed E-state index contributed by atoms with van der Waals surface area (Å²) in [5.41, 5.74) is 6.61. The number of ether oxygens (including phenoxy) is 1. The van der Waals surface area contributed by atoms with Gasteiger partial charge in [0.05, 0.1) is 0 Å². The lowest BCUT2D eigenvalue weighted by atomic mass is 10.2. The van der Waals surface area contributed by atoms with Gasteiger partial charge in [0.1, 0.15) is 5.75 Å². The molecule has 21 heavy (non-hydrogen) atoms. The van der Waals surface area contributed by atoms with Crippen LogP contribution in [0.25, 0.3) is 0 Å². The maximum atomic E-state index is 12.3. The molecule has 1 amide bonds. The summed E-state index contributed by atoms with van der Waals surface area (Å²) in [6.45, 7) is 6.49. The van der Waals surface area contributed by atoms with Crippen LogP contribution < -0.4 is 10.5 Å². The lowest BCUT2D eigenvalue weighted by Gasteiger charge is -2.22. The number of nitrogens with zero attached hydrogens (tertiary/aromatic N) is 1. The van der Waals surface area contributed by atoms with Crippen molar-refractivity contribution in [2.24, 2.45) is 5.73 Å². The van der Waals surface area contributed by atoms with Crippen LogP contribution in [0.15, 0.2) is 24.3 Å². The molecule has 0 heterocycles. The number of hydrogen-bond donors (Lipinski definition) is 1. The molecule has 0 radical (unpaired) electrons. The molecule has 0 fully saturated rings. The first-order valence-electron chi connectivity index (χ1n) is 7.90. The fraction of sp³-hybridized carbons (Fsp3) is 0.588. The van der Waals surface area contributed by atoms with Crippen molar-refractivity contribution < 1.29 is 9.53 Å². The highest BCUT2D eigenvalue weighted by molar-refractivity contribution is 5.77. The van der Waals surface area contributed by atoms with Crippen LogP contribution in [0, 0.1) is 0 Å². The molecule has 0 atom stereocenters. The van der Waals surface area contributed by atoms with Gasteiger partial charge in [-0.05, 0) is 30.5 Å². The number of carbonyl (C=O) groups excluding carboxylic acids is 1. The Balaban J connectivity index is 2.50. The number of benzene rings is 1. The highest BCUT2D eigenvalue weighted by atomic mass is 16.5. The van der Waals surface area contributed by atoms with Crippen LogP contribution in [0.5, 0.6) is 5.75 Å². The molecule has 0 spiro atoms. The Hall–Kier alpha value is -1.55.